The molecule has 0 aliphatic rings. The van der Waals surface area contributed by atoms with Gasteiger partial charge < -0.3 is 31.5 Å². The van der Waals surface area contributed by atoms with E-state index in [9.17, 15) is 24.3 Å². The van der Waals surface area contributed by atoms with Crippen LogP contribution in [0.5, 0.6) is 5.75 Å². The first-order valence-corrected chi connectivity index (χ1v) is 14.0. The molecule has 4 atom stereocenters. The fourth-order valence-electron chi connectivity index (χ4n) is 3.55. The zero-order valence-electron chi connectivity index (χ0n) is 22.3. The van der Waals surface area contributed by atoms with E-state index in [0.29, 0.717) is 17.7 Å². The van der Waals surface area contributed by atoms with Gasteiger partial charge in [-0.1, -0.05) is 19.9 Å². The quantitative estimate of drug-likeness (QED) is 0.145. The van der Waals surface area contributed by atoms with Crippen molar-refractivity contribution >= 4 is 48.1 Å². The SMILES string of the molecule is COC(=O)[C@H](CCSC)NC(=O)[C@@H](Cc1ccc(O)c(C)c1C)NC(=O)[C@@H](NC(=O)[C@@H](N)CS)C(C)C. The van der Waals surface area contributed by atoms with Crippen molar-refractivity contribution in [3.63, 3.8) is 0 Å². The second-order valence-electron chi connectivity index (χ2n) is 9.14. The maximum Gasteiger partial charge on any atom is 0.328 e. The van der Waals surface area contributed by atoms with E-state index in [2.05, 4.69) is 28.6 Å². The van der Waals surface area contributed by atoms with Crippen molar-refractivity contribution in [2.24, 2.45) is 11.7 Å². The van der Waals surface area contributed by atoms with Gasteiger partial charge in [0.1, 0.15) is 23.9 Å². The summed E-state index contributed by atoms with van der Waals surface area (Å²) in [4.78, 5) is 51.3. The lowest BCUT2D eigenvalue weighted by Crippen LogP contribution is -2.59. The third-order valence-electron chi connectivity index (χ3n) is 6.12. The van der Waals surface area contributed by atoms with E-state index in [0.717, 1.165) is 11.1 Å². The Labute approximate surface area is 228 Å². The van der Waals surface area contributed by atoms with Crippen molar-refractivity contribution in [2.75, 3.05) is 24.9 Å². The van der Waals surface area contributed by atoms with Gasteiger partial charge in [0.25, 0.3) is 0 Å². The van der Waals surface area contributed by atoms with Gasteiger partial charge in [0.2, 0.25) is 17.7 Å². The van der Waals surface area contributed by atoms with E-state index in [1.54, 1.807) is 26.8 Å². The lowest BCUT2D eigenvalue weighted by molar-refractivity contribution is -0.145. The molecule has 0 aliphatic heterocycles. The molecule has 0 saturated carbocycles. The van der Waals surface area contributed by atoms with Gasteiger partial charge in [-0.3, -0.25) is 14.4 Å². The summed E-state index contributed by atoms with van der Waals surface area (Å²) in [5.74, 6) is -1.72. The van der Waals surface area contributed by atoms with Crippen molar-refractivity contribution in [1.82, 2.24) is 16.0 Å². The number of thiol groups is 1. The zero-order chi connectivity index (χ0) is 28.3. The lowest BCUT2D eigenvalue weighted by atomic mass is 9.95. The first kappa shape index (κ1) is 32.6. The highest BCUT2D eigenvalue weighted by Crippen LogP contribution is 2.24. The maximum atomic E-state index is 13.4. The standard InChI is InChI=1S/C25H40N4O6S2/c1-13(2)21(29-22(31)17(26)12-36)24(33)28-19(11-16-7-8-20(30)15(4)14(16)3)23(32)27-18(9-10-37-6)25(34)35-5/h7-8,13,17-19,21,30,36H,9-12,26H2,1-6H3,(H,27,32)(H,28,33)(H,29,31)/t17-,18-,19+,21-/m0/s1. The Morgan fingerprint density at radius 2 is 1.65 bits per heavy atom. The first-order chi connectivity index (χ1) is 17.4. The fraction of sp³-hybridized carbons (Fsp3) is 0.600. The van der Waals surface area contributed by atoms with Crippen LogP contribution in [0.25, 0.3) is 0 Å². The minimum Gasteiger partial charge on any atom is -0.508 e. The number of thioether (sulfide) groups is 1. The van der Waals surface area contributed by atoms with Crippen LogP contribution in [0.1, 0.15) is 37.0 Å². The number of ether oxygens (including phenoxy) is 1. The van der Waals surface area contributed by atoms with Gasteiger partial charge in [0.15, 0.2) is 0 Å². The molecule has 0 saturated heterocycles. The van der Waals surface area contributed by atoms with Crippen molar-refractivity contribution in [3.8, 4) is 5.75 Å². The van der Waals surface area contributed by atoms with Crippen molar-refractivity contribution in [1.29, 1.82) is 0 Å². The van der Waals surface area contributed by atoms with Crippen LogP contribution < -0.4 is 21.7 Å². The first-order valence-electron chi connectivity index (χ1n) is 12.0. The number of esters is 1. The van der Waals surface area contributed by atoms with E-state index in [-0.39, 0.29) is 23.8 Å². The number of amides is 3. The molecule has 0 radical (unpaired) electrons. The molecule has 1 rings (SSSR count). The molecule has 6 N–H and O–H groups in total. The molecule has 1 aromatic rings. The average molecular weight is 557 g/mol. The molecule has 208 valence electrons. The monoisotopic (exact) mass is 556 g/mol. The predicted octanol–water partition coefficient (Wildman–Crippen LogP) is 0.845. The van der Waals surface area contributed by atoms with Gasteiger partial charge >= 0.3 is 5.97 Å². The molecule has 10 nitrogen and oxygen atoms in total. The number of carbonyl (C=O) groups excluding carboxylic acids is 4. The number of hydrogen-bond donors (Lipinski definition) is 6. The van der Waals surface area contributed by atoms with E-state index in [1.165, 1.54) is 24.9 Å². The van der Waals surface area contributed by atoms with Crippen LogP contribution in [0, 0.1) is 19.8 Å². The molecular weight excluding hydrogens is 516 g/mol. The van der Waals surface area contributed by atoms with E-state index in [4.69, 9.17) is 10.5 Å². The summed E-state index contributed by atoms with van der Waals surface area (Å²) in [6.07, 6.45) is 2.33. The lowest BCUT2D eigenvalue weighted by Gasteiger charge is -2.27. The summed E-state index contributed by atoms with van der Waals surface area (Å²) in [6, 6.07) is -0.599. The maximum absolute atomic E-state index is 13.4. The van der Waals surface area contributed by atoms with Gasteiger partial charge in [-0.25, -0.2) is 4.79 Å². The largest absolute Gasteiger partial charge is 0.508 e. The molecule has 3 amide bonds. The summed E-state index contributed by atoms with van der Waals surface area (Å²) < 4.78 is 4.84. The average Bonchev–Trinajstić information content (AvgIpc) is 2.87. The Kier molecular flexibility index (Phi) is 13.9. The summed E-state index contributed by atoms with van der Waals surface area (Å²) in [7, 11) is 1.24. The number of nitrogens with two attached hydrogens (primary N) is 1. The predicted molar refractivity (Wildman–Crippen MR) is 149 cm³/mol. The molecule has 37 heavy (non-hydrogen) atoms. The topological polar surface area (TPSA) is 160 Å². The highest BCUT2D eigenvalue weighted by atomic mass is 32.2. The van der Waals surface area contributed by atoms with Crippen LogP contribution in [-0.4, -0.2) is 77.8 Å². The summed E-state index contributed by atoms with van der Waals surface area (Å²) in [6.45, 7) is 7.09. The van der Waals surface area contributed by atoms with Crippen molar-refractivity contribution < 1.29 is 29.0 Å². The highest BCUT2D eigenvalue weighted by Gasteiger charge is 2.32. The third kappa shape index (κ3) is 9.75. The number of phenolic OH excluding ortho intramolecular Hbond substituents is 1. The molecule has 12 heteroatoms. The normalized spacial score (nSPS) is 14.3. The molecule has 0 aromatic heterocycles. The van der Waals surface area contributed by atoms with Crippen LogP contribution in [0.4, 0.5) is 0 Å². The van der Waals surface area contributed by atoms with Crippen LogP contribution in [-0.2, 0) is 30.3 Å². The molecule has 0 unspecified atom stereocenters. The van der Waals surface area contributed by atoms with Gasteiger partial charge in [0, 0.05) is 12.2 Å². The number of carbonyl (C=O) groups is 4. The summed E-state index contributed by atoms with van der Waals surface area (Å²) >= 11 is 5.55. The Hall–Kier alpha value is -2.44. The molecular formula is C25H40N4O6S2. The second kappa shape index (κ2) is 15.7. The molecule has 0 aliphatic carbocycles. The van der Waals surface area contributed by atoms with Gasteiger partial charge in [-0.15, -0.1) is 0 Å². The summed E-state index contributed by atoms with van der Waals surface area (Å²) in [5, 5.41) is 18.1. The Balaban J connectivity index is 3.29. The number of benzene rings is 1. The molecule has 0 fully saturated rings. The smallest absolute Gasteiger partial charge is 0.328 e. The molecule has 0 bridgehead atoms. The number of aromatic hydroxyl groups is 1. The number of rotatable bonds is 14. The molecule has 0 heterocycles. The number of hydrogen-bond acceptors (Lipinski definition) is 9. The minimum atomic E-state index is -1.08. The molecule has 0 spiro atoms. The van der Waals surface area contributed by atoms with Crippen molar-refractivity contribution in [2.45, 2.75) is 64.7 Å². The van der Waals surface area contributed by atoms with Crippen LogP contribution in [0.2, 0.25) is 0 Å². The zero-order valence-corrected chi connectivity index (χ0v) is 24.0. The molecule has 1 aromatic carbocycles. The summed E-state index contributed by atoms with van der Waals surface area (Å²) in [5.41, 5.74) is 7.91. The second-order valence-corrected chi connectivity index (χ2v) is 10.5. The fourth-order valence-corrected chi connectivity index (χ4v) is 4.19. The van der Waals surface area contributed by atoms with Gasteiger partial charge in [-0.2, -0.15) is 24.4 Å². The number of nitrogens with one attached hydrogen (secondary N) is 3. The number of phenols is 1. The van der Waals surface area contributed by atoms with E-state index in [1.807, 2.05) is 13.2 Å². The van der Waals surface area contributed by atoms with Gasteiger partial charge in [-0.05, 0) is 61.0 Å². The third-order valence-corrected chi connectivity index (χ3v) is 7.16. The van der Waals surface area contributed by atoms with Crippen LogP contribution in [0.3, 0.4) is 0 Å². The van der Waals surface area contributed by atoms with Crippen molar-refractivity contribution in [3.05, 3.63) is 28.8 Å². The van der Waals surface area contributed by atoms with Gasteiger partial charge in [0.05, 0.1) is 13.2 Å². The van der Waals surface area contributed by atoms with E-state index >= 15 is 0 Å². The highest BCUT2D eigenvalue weighted by molar-refractivity contribution is 7.98. The number of methoxy groups -OCH3 is 1. The van der Waals surface area contributed by atoms with Crippen LogP contribution >= 0.6 is 24.4 Å². The Bertz CT molecular complexity index is 959. The van der Waals surface area contributed by atoms with Crippen LogP contribution in [0.15, 0.2) is 12.1 Å². The van der Waals surface area contributed by atoms with E-state index < -0.39 is 47.9 Å². The minimum absolute atomic E-state index is 0.0931. The Morgan fingerprint density at radius 3 is 2.19 bits per heavy atom. The Morgan fingerprint density at radius 1 is 1.03 bits per heavy atom.